The van der Waals surface area contributed by atoms with E-state index in [9.17, 15) is 14.4 Å². The van der Waals surface area contributed by atoms with Gasteiger partial charge in [0.2, 0.25) is 0 Å². The molecule has 7 nitrogen and oxygen atoms in total. The van der Waals surface area contributed by atoms with E-state index in [2.05, 4.69) is 0 Å². The molecule has 1 amide bonds. The van der Waals surface area contributed by atoms with Crippen LogP contribution >= 0.6 is 0 Å². The van der Waals surface area contributed by atoms with Gasteiger partial charge in [-0.05, 0) is 37.3 Å². The first-order valence-electron chi connectivity index (χ1n) is 12.4. The molecule has 33 heavy (non-hydrogen) atoms. The first kappa shape index (κ1) is 23.6. The lowest BCUT2D eigenvalue weighted by Crippen LogP contribution is -2.41. The van der Waals surface area contributed by atoms with E-state index in [0.717, 1.165) is 44.9 Å². The van der Waals surface area contributed by atoms with E-state index in [1.807, 2.05) is 0 Å². The SMILES string of the molecule is COC(=O)c1ccccc1N1C(=O)O[C@H](COC(=O)C2CCCCC2)[C@H]1CC1CCCCC1. The molecule has 7 heteroatoms. The molecule has 0 bridgehead atoms. The van der Waals surface area contributed by atoms with Crippen molar-refractivity contribution in [1.29, 1.82) is 0 Å². The lowest BCUT2D eigenvalue weighted by Gasteiger charge is -2.31. The van der Waals surface area contributed by atoms with Crippen LogP contribution in [0, 0.1) is 11.8 Å². The summed E-state index contributed by atoms with van der Waals surface area (Å²) in [6.45, 7) is 0.0509. The monoisotopic (exact) mass is 457 g/mol. The van der Waals surface area contributed by atoms with Gasteiger partial charge < -0.3 is 14.2 Å². The van der Waals surface area contributed by atoms with Gasteiger partial charge in [0.05, 0.1) is 30.3 Å². The van der Waals surface area contributed by atoms with Gasteiger partial charge in [0.15, 0.2) is 6.10 Å². The second-order valence-electron chi connectivity index (χ2n) is 9.57. The molecule has 0 spiro atoms. The number of amides is 1. The number of esters is 2. The Bertz CT molecular complexity index is 843. The van der Waals surface area contributed by atoms with Crippen molar-refractivity contribution in [2.45, 2.75) is 82.8 Å². The molecule has 1 heterocycles. The Morgan fingerprint density at radius 3 is 2.36 bits per heavy atom. The molecule has 4 rings (SSSR count). The van der Waals surface area contributed by atoms with E-state index in [-0.39, 0.29) is 24.5 Å². The second kappa shape index (κ2) is 11.0. The van der Waals surface area contributed by atoms with Gasteiger partial charge in [-0.25, -0.2) is 9.59 Å². The van der Waals surface area contributed by atoms with Gasteiger partial charge in [-0.1, -0.05) is 63.5 Å². The average molecular weight is 458 g/mol. The molecule has 2 saturated carbocycles. The summed E-state index contributed by atoms with van der Waals surface area (Å²) in [5.74, 6) is -0.260. The molecule has 0 unspecified atom stereocenters. The quantitative estimate of drug-likeness (QED) is 0.410. The molecular formula is C26H35NO6. The van der Waals surface area contributed by atoms with Crippen LogP contribution in [0.5, 0.6) is 0 Å². The molecule has 2 aliphatic carbocycles. The van der Waals surface area contributed by atoms with E-state index in [1.54, 1.807) is 29.2 Å². The standard InChI is InChI=1S/C26H35NO6/c1-31-25(29)20-14-8-9-15-21(20)27-22(16-18-10-4-2-5-11-18)23(33-26(27)30)17-32-24(28)19-12-6-3-7-13-19/h8-9,14-15,18-19,22-23H,2-7,10-13,16-17H2,1H3/t22-,23-/m1/s1. The van der Waals surface area contributed by atoms with Crippen LogP contribution in [0.1, 0.15) is 81.0 Å². The summed E-state index contributed by atoms with van der Waals surface area (Å²) in [6, 6.07) is 6.64. The predicted molar refractivity (Wildman–Crippen MR) is 123 cm³/mol. The first-order valence-corrected chi connectivity index (χ1v) is 12.4. The number of ether oxygens (including phenoxy) is 3. The molecule has 1 aromatic rings. The number of carbonyl (C=O) groups excluding carboxylic acids is 3. The number of methoxy groups -OCH3 is 1. The topological polar surface area (TPSA) is 82.1 Å². The summed E-state index contributed by atoms with van der Waals surface area (Å²) < 4.78 is 16.4. The van der Waals surface area contributed by atoms with Crippen molar-refractivity contribution in [1.82, 2.24) is 0 Å². The number of benzene rings is 1. The normalized spacial score (nSPS) is 24.4. The molecule has 1 saturated heterocycles. The first-order chi connectivity index (χ1) is 16.1. The summed E-state index contributed by atoms with van der Waals surface area (Å²) in [6.07, 6.45) is 10.6. The molecule has 1 aliphatic heterocycles. The van der Waals surface area contributed by atoms with Crippen molar-refractivity contribution < 1.29 is 28.6 Å². The number of hydrogen-bond acceptors (Lipinski definition) is 6. The van der Waals surface area contributed by atoms with Crippen molar-refractivity contribution in [3.05, 3.63) is 29.8 Å². The molecule has 2 atom stereocenters. The molecule has 3 fully saturated rings. The van der Waals surface area contributed by atoms with Crippen molar-refractivity contribution in [2.75, 3.05) is 18.6 Å². The van der Waals surface area contributed by atoms with Gasteiger partial charge in [0, 0.05) is 0 Å². The second-order valence-corrected chi connectivity index (χ2v) is 9.57. The van der Waals surface area contributed by atoms with Gasteiger partial charge >= 0.3 is 18.0 Å². The number of nitrogens with zero attached hydrogens (tertiary/aromatic N) is 1. The number of cyclic esters (lactones) is 1. The number of rotatable bonds is 7. The third kappa shape index (κ3) is 5.50. The maximum atomic E-state index is 13.1. The van der Waals surface area contributed by atoms with Crippen LogP contribution in [-0.4, -0.2) is 43.9 Å². The van der Waals surface area contributed by atoms with E-state index in [4.69, 9.17) is 14.2 Å². The van der Waals surface area contributed by atoms with Gasteiger partial charge in [0.25, 0.3) is 0 Å². The molecule has 0 N–H and O–H groups in total. The van der Waals surface area contributed by atoms with E-state index >= 15 is 0 Å². The van der Waals surface area contributed by atoms with E-state index in [1.165, 1.54) is 32.8 Å². The highest BCUT2D eigenvalue weighted by molar-refractivity contribution is 6.01. The molecule has 1 aromatic carbocycles. The van der Waals surface area contributed by atoms with Crippen molar-refractivity contribution in [3.8, 4) is 0 Å². The molecule has 180 valence electrons. The molecular weight excluding hydrogens is 422 g/mol. The number of carbonyl (C=O) groups is 3. The highest BCUT2D eigenvalue weighted by Crippen LogP contribution is 2.37. The average Bonchev–Trinajstić information content (AvgIpc) is 3.17. The van der Waals surface area contributed by atoms with Gasteiger partial charge in [-0.15, -0.1) is 0 Å². The zero-order chi connectivity index (χ0) is 23.2. The number of para-hydroxylation sites is 1. The van der Waals surface area contributed by atoms with Crippen LogP contribution in [0.15, 0.2) is 24.3 Å². The zero-order valence-electron chi connectivity index (χ0n) is 19.5. The van der Waals surface area contributed by atoms with Gasteiger partial charge in [-0.2, -0.15) is 0 Å². The van der Waals surface area contributed by atoms with Crippen LogP contribution in [0.3, 0.4) is 0 Å². The Labute approximate surface area is 195 Å². The van der Waals surface area contributed by atoms with Crippen LogP contribution < -0.4 is 4.90 Å². The maximum absolute atomic E-state index is 13.1. The Hall–Kier alpha value is -2.57. The predicted octanol–water partition coefficient (Wildman–Crippen LogP) is 5.26. The smallest absolute Gasteiger partial charge is 0.415 e. The van der Waals surface area contributed by atoms with Gasteiger partial charge in [0.1, 0.15) is 6.61 Å². The third-order valence-corrected chi connectivity index (χ3v) is 7.41. The Morgan fingerprint density at radius 2 is 1.67 bits per heavy atom. The van der Waals surface area contributed by atoms with Crippen LogP contribution in [0.25, 0.3) is 0 Å². The minimum atomic E-state index is -0.558. The van der Waals surface area contributed by atoms with Crippen LogP contribution in [-0.2, 0) is 19.0 Å². The van der Waals surface area contributed by atoms with Crippen molar-refractivity contribution in [2.24, 2.45) is 11.8 Å². The molecule has 0 radical (unpaired) electrons. The highest BCUT2D eigenvalue weighted by atomic mass is 16.6. The summed E-state index contributed by atoms with van der Waals surface area (Å²) in [5.41, 5.74) is 0.807. The minimum absolute atomic E-state index is 0.0509. The maximum Gasteiger partial charge on any atom is 0.415 e. The van der Waals surface area contributed by atoms with Gasteiger partial charge in [-0.3, -0.25) is 9.69 Å². The molecule has 3 aliphatic rings. The summed E-state index contributed by atoms with van der Waals surface area (Å²) in [5, 5.41) is 0. The summed E-state index contributed by atoms with van der Waals surface area (Å²) in [7, 11) is 1.33. The number of hydrogen-bond donors (Lipinski definition) is 0. The lowest BCUT2D eigenvalue weighted by atomic mass is 9.83. The van der Waals surface area contributed by atoms with E-state index in [0.29, 0.717) is 17.2 Å². The fraction of sp³-hybridized carbons (Fsp3) is 0.654. The van der Waals surface area contributed by atoms with Crippen molar-refractivity contribution >= 4 is 23.7 Å². The Kier molecular flexibility index (Phi) is 7.89. The fourth-order valence-electron chi connectivity index (χ4n) is 5.60. The largest absolute Gasteiger partial charge is 0.465 e. The van der Waals surface area contributed by atoms with Crippen molar-refractivity contribution in [3.63, 3.8) is 0 Å². The fourth-order valence-corrected chi connectivity index (χ4v) is 5.60. The third-order valence-electron chi connectivity index (χ3n) is 7.41. The lowest BCUT2D eigenvalue weighted by molar-refractivity contribution is -0.152. The Balaban J connectivity index is 1.54. The summed E-state index contributed by atoms with van der Waals surface area (Å²) >= 11 is 0. The highest BCUT2D eigenvalue weighted by Gasteiger charge is 2.45. The van der Waals surface area contributed by atoms with E-state index < -0.39 is 18.2 Å². The molecule has 0 aromatic heterocycles. The zero-order valence-corrected chi connectivity index (χ0v) is 19.5. The Morgan fingerprint density at radius 1 is 1.00 bits per heavy atom. The summed E-state index contributed by atoms with van der Waals surface area (Å²) in [4.78, 5) is 39.7. The number of anilines is 1. The van der Waals surface area contributed by atoms with Crippen LogP contribution in [0.4, 0.5) is 10.5 Å². The minimum Gasteiger partial charge on any atom is -0.465 e. The van der Waals surface area contributed by atoms with Crippen LogP contribution in [0.2, 0.25) is 0 Å².